The van der Waals surface area contributed by atoms with Crippen LogP contribution in [0.2, 0.25) is 0 Å². The van der Waals surface area contributed by atoms with E-state index in [9.17, 15) is 4.79 Å². The molecule has 0 aliphatic carbocycles. The van der Waals surface area contributed by atoms with Gasteiger partial charge in [-0.25, -0.2) is 0 Å². The Morgan fingerprint density at radius 3 is 2.70 bits per heavy atom. The van der Waals surface area contributed by atoms with Gasteiger partial charge >= 0.3 is 0 Å². The standard InChI is InChI=1S/C20H26N4O.2ClH/c1-16-7-8-17(14-23-16)13-20(25)24(15-18-5-2-3-11-22-18)19-6-4-10-21-12-9-19;;/h2-3,5,7-8,11,14,19,21H,4,6,9-10,12-13,15H2,1H3;2*1H. The summed E-state index contributed by atoms with van der Waals surface area (Å²) in [6.45, 7) is 4.52. The molecule has 1 saturated heterocycles. The van der Waals surface area contributed by atoms with Gasteiger partial charge < -0.3 is 10.2 Å². The lowest BCUT2D eigenvalue weighted by molar-refractivity contribution is -0.133. The number of aromatic nitrogens is 2. The van der Waals surface area contributed by atoms with Crippen molar-refractivity contribution in [1.82, 2.24) is 20.2 Å². The highest BCUT2D eigenvalue weighted by atomic mass is 35.5. The first-order valence-corrected chi connectivity index (χ1v) is 9.04. The van der Waals surface area contributed by atoms with Crippen LogP contribution in [0.25, 0.3) is 0 Å². The SMILES string of the molecule is Cc1ccc(CC(=O)N(Cc2ccccn2)C2CCCNCC2)cn1.Cl.Cl. The molecule has 7 heteroatoms. The lowest BCUT2D eigenvalue weighted by atomic mass is 10.0. The molecule has 0 aromatic carbocycles. The number of hydrogen-bond donors (Lipinski definition) is 1. The highest BCUT2D eigenvalue weighted by molar-refractivity contribution is 5.85. The maximum Gasteiger partial charge on any atom is 0.227 e. The van der Waals surface area contributed by atoms with Gasteiger partial charge in [0.05, 0.1) is 18.7 Å². The van der Waals surface area contributed by atoms with E-state index >= 15 is 0 Å². The quantitative estimate of drug-likeness (QED) is 0.820. The van der Waals surface area contributed by atoms with Crippen LogP contribution in [-0.2, 0) is 17.8 Å². The van der Waals surface area contributed by atoms with E-state index in [1.54, 1.807) is 12.4 Å². The van der Waals surface area contributed by atoms with Crippen LogP contribution >= 0.6 is 24.8 Å². The summed E-state index contributed by atoms with van der Waals surface area (Å²) in [7, 11) is 0. The van der Waals surface area contributed by atoms with E-state index in [-0.39, 0.29) is 36.8 Å². The van der Waals surface area contributed by atoms with Crippen LogP contribution in [0.5, 0.6) is 0 Å². The molecule has 0 saturated carbocycles. The molecular formula is C20H28Cl2N4O. The number of rotatable bonds is 5. The van der Waals surface area contributed by atoms with Gasteiger partial charge in [-0.05, 0) is 63.0 Å². The average molecular weight is 411 g/mol. The maximum atomic E-state index is 13.1. The van der Waals surface area contributed by atoms with Crippen LogP contribution in [0, 0.1) is 6.92 Å². The third kappa shape index (κ3) is 7.09. The van der Waals surface area contributed by atoms with Crippen molar-refractivity contribution in [3.63, 3.8) is 0 Å². The van der Waals surface area contributed by atoms with Gasteiger partial charge in [0.2, 0.25) is 5.91 Å². The molecule has 0 spiro atoms. The Bertz CT molecular complexity index is 674. The molecule has 27 heavy (non-hydrogen) atoms. The fourth-order valence-electron chi connectivity index (χ4n) is 3.28. The van der Waals surface area contributed by atoms with Crippen LogP contribution in [0.1, 0.15) is 36.2 Å². The Morgan fingerprint density at radius 1 is 1.15 bits per heavy atom. The van der Waals surface area contributed by atoms with Gasteiger partial charge in [-0.3, -0.25) is 14.8 Å². The van der Waals surface area contributed by atoms with Gasteiger partial charge in [-0.2, -0.15) is 0 Å². The highest BCUT2D eigenvalue weighted by Gasteiger charge is 2.25. The Morgan fingerprint density at radius 2 is 2.00 bits per heavy atom. The molecule has 0 bridgehead atoms. The molecule has 148 valence electrons. The van der Waals surface area contributed by atoms with Crippen molar-refractivity contribution >= 4 is 30.7 Å². The number of halogens is 2. The number of carbonyl (C=O) groups excluding carboxylic acids is 1. The van der Waals surface area contributed by atoms with Gasteiger partial charge in [0.15, 0.2) is 0 Å². The van der Waals surface area contributed by atoms with Gasteiger partial charge in [0.25, 0.3) is 0 Å². The van der Waals surface area contributed by atoms with Gasteiger partial charge in [-0.1, -0.05) is 12.1 Å². The second-order valence-electron chi connectivity index (χ2n) is 6.66. The minimum absolute atomic E-state index is 0. The van der Waals surface area contributed by atoms with Crippen molar-refractivity contribution in [2.75, 3.05) is 13.1 Å². The summed E-state index contributed by atoms with van der Waals surface area (Å²) in [4.78, 5) is 23.8. The van der Waals surface area contributed by atoms with Crippen molar-refractivity contribution in [2.45, 2.75) is 45.2 Å². The largest absolute Gasteiger partial charge is 0.333 e. The number of pyridine rings is 2. The van der Waals surface area contributed by atoms with Gasteiger partial charge in [-0.15, -0.1) is 24.8 Å². The molecule has 1 fully saturated rings. The van der Waals surface area contributed by atoms with Crippen LogP contribution in [0.3, 0.4) is 0 Å². The van der Waals surface area contributed by atoms with E-state index in [1.165, 1.54) is 0 Å². The van der Waals surface area contributed by atoms with E-state index in [1.807, 2.05) is 42.2 Å². The molecule has 2 aromatic rings. The van der Waals surface area contributed by atoms with Crippen molar-refractivity contribution < 1.29 is 4.79 Å². The Balaban J connectivity index is 0.00000182. The van der Waals surface area contributed by atoms with Crippen LogP contribution in [0.4, 0.5) is 0 Å². The number of hydrogen-bond acceptors (Lipinski definition) is 4. The molecule has 3 heterocycles. The van der Waals surface area contributed by atoms with Crippen molar-refractivity contribution in [2.24, 2.45) is 0 Å². The Kier molecular flexibility index (Phi) is 10.3. The van der Waals surface area contributed by atoms with Crippen molar-refractivity contribution in [3.8, 4) is 0 Å². The van der Waals surface area contributed by atoms with Crippen molar-refractivity contribution in [3.05, 3.63) is 59.7 Å². The van der Waals surface area contributed by atoms with E-state index in [0.717, 1.165) is 49.3 Å². The van der Waals surface area contributed by atoms with E-state index < -0.39 is 0 Å². The van der Waals surface area contributed by atoms with Crippen LogP contribution < -0.4 is 5.32 Å². The number of amides is 1. The Labute approximate surface area is 173 Å². The molecule has 1 unspecified atom stereocenters. The number of carbonyl (C=O) groups is 1. The first-order chi connectivity index (χ1) is 12.2. The minimum Gasteiger partial charge on any atom is -0.333 e. The molecule has 1 aliphatic rings. The first kappa shape index (κ1) is 23.3. The maximum absolute atomic E-state index is 13.1. The van der Waals surface area contributed by atoms with Crippen LogP contribution in [0.15, 0.2) is 42.7 Å². The average Bonchev–Trinajstić information content (AvgIpc) is 2.92. The van der Waals surface area contributed by atoms with Gasteiger partial charge in [0.1, 0.15) is 0 Å². The Hall–Kier alpha value is -1.69. The lowest BCUT2D eigenvalue weighted by Crippen LogP contribution is -2.41. The molecular weight excluding hydrogens is 383 g/mol. The molecule has 1 atom stereocenters. The van der Waals surface area contributed by atoms with E-state index in [0.29, 0.717) is 13.0 Å². The molecule has 5 nitrogen and oxygen atoms in total. The summed E-state index contributed by atoms with van der Waals surface area (Å²) < 4.78 is 0. The normalized spacial score (nSPS) is 16.4. The smallest absolute Gasteiger partial charge is 0.227 e. The fraction of sp³-hybridized carbons (Fsp3) is 0.450. The second kappa shape index (κ2) is 11.9. The predicted octanol–water partition coefficient (Wildman–Crippen LogP) is 3.34. The zero-order valence-corrected chi connectivity index (χ0v) is 17.3. The molecule has 0 radical (unpaired) electrons. The molecule has 1 aliphatic heterocycles. The first-order valence-electron chi connectivity index (χ1n) is 9.04. The number of nitrogens with one attached hydrogen (secondary N) is 1. The number of aryl methyl sites for hydroxylation is 1. The van der Waals surface area contributed by atoms with Gasteiger partial charge in [0, 0.05) is 24.1 Å². The predicted molar refractivity (Wildman–Crippen MR) is 112 cm³/mol. The monoisotopic (exact) mass is 410 g/mol. The topological polar surface area (TPSA) is 58.1 Å². The zero-order valence-electron chi connectivity index (χ0n) is 15.6. The molecule has 1 amide bonds. The summed E-state index contributed by atoms with van der Waals surface area (Å²) >= 11 is 0. The molecule has 2 aromatic heterocycles. The third-order valence-corrected chi connectivity index (χ3v) is 4.69. The summed E-state index contributed by atoms with van der Waals surface area (Å²) in [6.07, 6.45) is 7.12. The summed E-state index contributed by atoms with van der Waals surface area (Å²) in [5, 5.41) is 3.43. The molecule has 3 rings (SSSR count). The second-order valence-corrected chi connectivity index (χ2v) is 6.66. The van der Waals surface area contributed by atoms with Crippen LogP contribution in [-0.4, -0.2) is 39.9 Å². The zero-order chi connectivity index (χ0) is 17.5. The summed E-state index contributed by atoms with van der Waals surface area (Å²) in [5.74, 6) is 0.156. The number of nitrogens with zero attached hydrogens (tertiary/aromatic N) is 3. The fourth-order valence-corrected chi connectivity index (χ4v) is 3.28. The minimum atomic E-state index is 0. The summed E-state index contributed by atoms with van der Waals surface area (Å²) in [5.41, 5.74) is 2.87. The summed E-state index contributed by atoms with van der Waals surface area (Å²) in [6, 6.07) is 10.1. The highest BCUT2D eigenvalue weighted by Crippen LogP contribution is 2.18. The van der Waals surface area contributed by atoms with E-state index in [2.05, 4.69) is 15.3 Å². The lowest BCUT2D eigenvalue weighted by Gasteiger charge is -2.31. The van der Waals surface area contributed by atoms with Crippen molar-refractivity contribution in [1.29, 1.82) is 0 Å². The third-order valence-electron chi connectivity index (χ3n) is 4.69. The van der Waals surface area contributed by atoms with E-state index in [4.69, 9.17) is 0 Å². The molecule has 1 N–H and O–H groups in total.